The zero-order valence-corrected chi connectivity index (χ0v) is 13.0. The van der Waals surface area contributed by atoms with E-state index in [4.69, 9.17) is 17.3 Å². The van der Waals surface area contributed by atoms with Crippen molar-refractivity contribution in [2.45, 2.75) is 38.1 Å². The molecule has 0 radical (unpaired) electrons. The number of carbonyl (C=O) groups excluding carboxylic acids is 1. The molecule has 3 N–H and O–H groups in total. The minimum Gasteiger partial charge on any atom is -0.353 e. The van der Waals surface area contributed by atoms with Crippen molar-refractivity contribution >= 4 is 23.2 Å². The summed E-state index contributed by atoms with van der Waals surface area (Å²) in [5.74, 6) is 0.200. The second-order valence-electron chi connectivity index (χ2n) is 5.66. The fourth-order valence-corrected chi connectivity index (χ4v) is 3.15. The smallest absolute Gasteiger partial charge is 0.270 e. The van der Waals surface area contributed by atoms with Crippen LogP contribution in [0.5, 0.6) is 0 Å². The molecule has 1 aliphatic carbocycles. The molecule has 0 aliphatic heterocycles. The fourth-order valence-electron chi connectivity index (χ4n) is 2.90. The number of nitrogens with two attached hydrogens (primary N) is 1. The van der Waals surface area contributed by atoms with Crippen LogP contribution in [-0.2, 0) is 11.2 Å². The van der Waals surface area contributed by atoms with Gasteiger partial charge in [-0.3, -0.25) is 14.9 Å². The molecule has 0 heterocycles. The number of hydrogen-bond donors (Lipinski definition) is 2. The van der Waals surface area contributed by atoms with Gasteiger partial charge in [0, 0.05) is 18.2 Å². The molecule has 0 bridgehead atoms. The van der Waals surface area contributed by atoms with Crippen LogP contribution in [0.2, 0.25) is 5.02 Å². The van der Waals surface area contributed by atoms with Gasteiger partial charge in [-0.25, -0.2) is 0 Å². The van der Waals surface area contributed by atoms with Crippen molar-refractivity contribution in [1.29, 1.82) is 0 Å². The Bertz CT molecular complexity index is 565. The summed E-state index contributed by atoms with van der Waals surface area (Å²) in [6, 6.07) is 4.27. The lowest BCUT2D eigenvalue weighted by molar-refractivity contribution is -0.384. The van der Waals surface area contributed by atoms with E-state index in [0.29, 0.717) is 18.0 Å². The molecule has 6 nitrogen and oxygen atoms in total. The molecule has 1 aliphatic rings. The molecule has 1 aromatic carbocycles. The second-order valence-corrected chi connectivity index (χ2v) is 6.07. The molecule has 2 atom stereocenters. The molecular formula is C15H20ClN3O3. The van der Waals surface area contributed by atoms with E-state index in [9.17, 15) is 14.9 Å². The van der Waals surface area contributed by atoms with E-state index in [-0.39, 0.29) is 29.1 Å². The maximum absolute atomic E-state index is 12.2. The zero-order chi connectivity index (χ0) is 16.1. The summed E-state index contributed by atoms with van der Waals surface area (Å²) in [4.78, 5) is 22.3. The third kappa shape index (κ3) is 4.18. The predicted molar refractivity (Wildman–Crippen MR) is 84.8 cm³/mol. The molecule has 120 valence electrons. The average molecular weight is 326 g/mol. The van der Waals surface area contributed by atoms with Crippen molar-refractivity contribution in [3.05, 3.63) is 38.9 Å². The van der Waals surface area contributed by atoms with Crippen molar-refractivity contribution in [3.63, 3.8) is 0 Å². The topological polar surface area (TPSA) is 98.3 Å². The molecule has 1 amide bonds. The Morgan fingerprint density at radius 2 is 2.14 bits per heavy atom. The summed E-state index contributed by atoms with van der Waals surface area (Å²) < 4.78 is 0. The van der Waals surface area contributed by atoms with Crippen molar-refractivity contribution in [3.8, 4) is 0 Å². The highest BCUT2D eigenvalue weighted by Crippen LogP contribution is 2.25. The van der Waals surface area contributed by atoms with Gasteiger partial charge in [-0.05, 0) is 30.9 Å². The minimum atomic E-state index is -0.510. The summed E-state index contributed by atoms with van der Waals surface area (Å²) in [5.41, 5.74) is 6.26. The molecule has 1 fully saturated rings. The first kappa shape index (κ1) is 16.7. The Kier molecular flexibility index (Phi) is 5.74. The predicted octanol–water partition coefficient (Wildman–Crippen LogP) is 2.42. The number of carbonyl (C=O) groups is 1. The number of benzene rings is 1. The van der Waals surface area contributed by atoms with E-state index in [0.717, 1.165) is 25.7 Å². The maximum Gasteiger partial charge on any atom is 0.270 e. The Hall–Kier alpha value is -1.66. The number of non-ortho nitro benzene ring substituents is 1. The molecule has 2 rings (SSSR count). The van der Waals surface area contributed by atoms with Gasteiger partial charge in [0.05, 0.1) is 16.4 Å². The van der Waals surface area contributed by atoms with E-state index in [1.54, 1.807) is 0 Å². The van der Waals surface area contributed by atoms with Gasteiger partial charge in [-0.2, -0.15) is 0 Å². The lowest BCUT2D eigenvalue weighted by Gasteiger charge is -2.31. The Labute approximate surface area is 134 Å². The van der Waals surface area contributed by atoms with E-state index < -0.39 is 4.92 Å². The van der Waals surface area contributed by atoms with E-state index in [1.165, 1.54) is 18.2 Å². The Morgan fingerprint density at radius 1 is 1.41 bits per heavy atom. The lowest BCUT2D eigenvalue weighted by atomic mass is 9.84. The van der Waals surface area contributed by atoms with Gasteiger partial charge in [-0.1, -0.05) is 30.5 Å². The zero-order valence-electron chi connectivity index (χ0n) is 12.3. The average Bonchev–Trinajstić information content (AvgIpc) is 2.49. The van der Waals surface area contributed by atoms with Crippen LogP contribution < -0.4 is 11.1 Å². The summed E-state index contributed by atoms with van der Waals surface area (Å²) in [6.45, 7) is 0.573. The summed E-state index contributed by atoms with van der Waals surface area (Å²) in [5, 5.41) is 13.9. The Balaban J connectivity index is 1.98. The normalized spacial score (nSPS) is 21.4. The first-order chi connectivity index (χ1) is 10.5. The minimum absolute atomic E-state index is 0.0790. The number of rotatable bonds is 5. The molecule has 7 heteroatoms. The van der Waals surface area contributed by atoms with E-state index >= 15 is 0 Å². The number of nitrogens with zero attached hydrogens (tertiary/aromatic N) is 1. The van der Waals surface area contributed by atoms with Crippen molar-refractivity contribution < 1.29 is 9.72 Å². The monoisotopic (exact) mass is 325 g/mol. The summed E-state index contributed by atoms with van der Waals surface area (Å²) in [7, 11) is 0. The third-order valence-corrected chi connectivity index (χ3v) is 4.51. The van der Waals surface area contributed by atoms with Crippen LogP contribution >= 0.6 is 11.6 Å². The molecule has 1 saturated carbocycles. The van der Waals surface area contributed by atoms with Crippen molar-refractivity contribution in [2.24, 2.45) is 11.7 Å². The van der Waals surface area contributed by atoms with Crippen LogP contribution in [0.4, 0.5) is 5.69 Å². The van der Waals surface area contributed by atoms with Gasteiger partial charge in [0.1, 0.15) is 0 Å². The summed E-state index contributed by atoms with van der Waals surface area (Å²) in [6.07, 6.45) is 4.36. The molecule has 1 aromatic rings. The summed E-state index contributed by atoms with van der Waals surface area (Å²) >= 11 is 6.01. The highest BCUT2D eigenvalue weighted by molar-refractivity contribution is 6.31. The van der Waals surface area contributed by atoms with Gasteiger partial charge in [0.25, 0.3) is 5.69 Å². The number of halogens is 1. The van der Waals surface area contributed by atoms with Gasteiger partial charge in [0.15, 0.2) is 0 Å². The number of nitro benzene ring substituents is 1. The number of hydrogen-bond acceptors (Lipinski definition) is 4. The van der Waals surface area contributed by atoms with Gasteiger partial charge in [0.2, 0.25) is 5.91 Å². The van der Waals surface area contributed by atoms with Crippen LogP contribution in [0.15, 0.2) is 18.2 Å². The van der Waals surface area contributed by atoms with Gasteiger partial charge < -0.3 is 11.1 Å². The van der Waals surface area contributed by atoms with Crippen LogP contribution in [0.1, 0.15) is 31.2 Å². The first-order valence-electron chi connectivity index (χ1n) is 7.43. The maximum atomic E-state index is 12.2. The van der Waals surface area contributed by atoms with Crippen LogP contribution in [-0.4, -0.2) is 23.4 Å². The highest BCUT2D eigenvalue weighted by atomic mass is 35.5. The Morgan fingerprint density at radius 3 is 2.77 bits per heavy atom. The highest BCUT2D eigenvalue weighted by Gasteiger charge is 2.25. The van der Waals surface area contributed by atoms with Crippen LogP contribution in [0.3, 0.4) is 0 Å². The first-order valence-corrected chi connectivity index (χ1v) is 7.81. The van der Waals surface area contributed by atoms with Crippen LogP contribution in [0, 0.1) is 16.0 Å². The molecular weight excluding hydrogens is 306 g/mol. The largest absolute Gasteiger partial charge is 0.353 e. The molecule has 22 heavy (non-hydrogen) atoms. The van der Waals surface area contributed by atoms with E-state index in [1.807, 2.05) is 0 Å². The quantitative estimate of drug-likeness (QED) is 0.641. The molecule has 0 aromatic heterocycles. The molecule has 0 spiro atoms. The molecule has 0 saturated heterocycles. The third-order valence-electron chi connectivity index (χ3n) is 4.16. The van der Waals surface area contributed by atoms with Crippen molar-refractivity contribution in [2.75, 3.05) is 6.54 Å². The second kappa shape index (κ2) is 7.56. The van der Waals surface area contributed by atoms with Crippen molar-refractivity contribution in [1.82, 2.24) is 5.32 Å². The van der Waals surface area contributed by atoms with Gasteiger partial charge >= 0.3 is 0 Å². The SMILES string of the molecule is NCC1CCCCC1NC(=O)Cc1ccc([N+](=O)[O-])cc1Cl. The number of nitro groups is 1. The van der Waals surface area contributed by atoms with Crippen LogP contribution in [0.25, 0.3) is 0 Å². The number of amides is 1. The van der Waals surface area contributed by atoms with E-state index in [2.05, 4.69) is 5.32 Å². The molecule has 2 unspecified atom stereocenters. The van der Waals surface area contributed by atoms with Gasteiger partial charge in [-0.15, -0.1) is 0 Å². The lowest BCUT2D eigenvalue weighted by Crippen LogP contribution is -2.45. The number of nitrogens with one attached hydrogen (secondary N) is 1. The standard InChI is InChI=1S/C15H20ClN3O3/c16-13-8-12(19(21)22)6-5-10(13)7-15(20)18-14-4-2-1-3-11(14)9-17/h5-6,8,11,14H,1-4,7,9,17H2,(H,18,20). The fraction of sp³-hybridized carbons (Fsp3) is 0.533.